The molecule has 1 unspecified atom stereocenters. The lowest BCUT2D eigenvalue weighted by Gasteiger charge is -2.28. The number of nitrogens with one attached hydrogen (secondary N) is 1. The second-order valence-corrected chi connectivity index (χ2v) is 6.91. The van der Waals surface area contributed by atoms with Gasteiger partial charge in [0.05, 0.1) is 0 Å². The van der Waals surface area contributed by atoms with Crippen molar-refractivity contribution in [1.29, 1.82) is 0 Å². The van der Waals surface area contributed by atoms with Gasteiger partial charge in [0.1, 0.15) is 0 Å². The first kappa shape index (κ1) is 15.0. The van der Waals surface area contributed by atoms with Crippen LogP contribution in [0.25, 0.3) is 0 Å². The average molecular weight is 287 g/mol. The number of likely N-dealkylation sites (N-methyl/N-ethyl adjacent to an activating group) is 1. The van der Waals surface area contributed by atoms with Crippen molar-refractivity contribution in [3.8, 4) is 0 Å². The Bertz CT molecular complexity index is 438. The lowest BCUT2D eigenvalue weighted by atomic mass is 10.1. The molecular weight excluding hydrogens is 258 g/mol. The van der Waals surface area contributed by atoms with E-state index in [1.807, 2.05) is 0 Å². The van der Waals surface area contributed by atoms with Crippen LogP contribution in [0, 0.1) is 0 Å². The third-order valence-electron chi connectivity index (χ3n) is 4.77. The van der Waals surface area contributed by atoms with Gasteiger partial charge < -0.3 is 10.2 Å². The Labute approximate surface area is 129 Å². The zero-order valence-electron chi connectivity index (χ0n) is 13.5. The van der Waals surface area contributed by atoms with E-state index in [2.05, 4.69) is 53.4 Å². The quantitative estimate of drug-likeness (QED) is 0.897. The Kier molecular flexibility index (Phi) is 4.94. The van der Waals surface area contributed by atoms with E-state index in [0.717, 1.165) is 19.1 Å². The topological polar surface area (TPSA) is 18.5 Å². The molecule has 1 saturated carbocycles. The summed E-state index contributed by atoms with van der Waals surface area (Å²) in [5.41, 5.74) is 2.86. The Balaban J connectivity index is 1.53. The Morgan fingerprint density at radius 1 is 1.10 bits per heavy atom. The molecule has 1 N–H and O–H groups in total. The first-order valence-corrected chi connectivity index (χ1v) is 8.44. The average Bonchev–Trinajstić information content (AvgIpc) is 3.29. The highest BCUT2D eigenvalue weighted by Crippen LogP contribution is 2.19. The molecule has 1 aromatic rings. The molecule has 3 heteroatoms. The van der Waals surface area contributed by atoms with Gasteiger partial charge in [0, 0.05) is 38.3 Å². The van der Waals surface area contributed by atoms with Crippen LogP contribution in [0.5, 0.6) is 0 Å². The van der Waals surface area contributed by atoms with Crippen LogP contribution >= 0.6 is 0 Å². The third kappa shape index (κ3) is 4.53. The Morgan fingerprint density at radius 2 is 1.81 bits per heavy atom. The summed E-state index contributed by atoms with van der Waals surface area (Å²) in [7, 11) is 2.24. The van der Waals surface area contributed by atoms with Gasteiger partial charge in [-0.05, 0) is 50.9 Å². The van der Waals surface area contributed by atoms with Crippen LogP contribution in [0.1, 0.15) is 37.3 Å². The van der Waals surface area contributed by atoms with Crippen LogP contribution in [0.4, 0.5) is 0 Å². The molecule has 1 saturated heterocycles. The van der Waals surface area contributed by atoms with Crippen molar-refractivity contribution < 1.29 is 0 Å². The van der Waals surface area contributed by atoms with Gasteiger partial charge in [-0.25, -0.2) is 0 Å². The van der Waals surface area contributed by atoms with Gasteiger partial charge >= 0.3 is 0 Å². The van der Waals surface area contributed by atoms with Gasteiger partial charge in [0.25, 0.3) is 0 Å². The van der Waals surface area contributed by atoms with Crippen molar-refractivity contribution in [2.45, 2.75) is 51.4 Å². The highest BCUT2D eigenvalue weighted by atomic mass is 15.2. The number of hydrogen-bond acceptors (Lipinski definition) is 3. The molecule has 0 radical (unpaired) electrons. The minimum atomic E-state index is 0.647. The van der Waals surface area contributed by atoms with Crippen LogP contribution in [0.15, 0.2) is 24.3 Å². The predicted octanol–water partition coefficient (Wildman–Crippen LogP) is 2.46. The maximum Gasteiger partial charge on any atom is 0.0237 e. The van der Waals surface area contributed by atoms with Crippen molar-refractivity contribution in [2.24, 2.45) is 0 Å². The van der Waals surface area contributed by atoms with Crippen LogP contribution in [0.2, 0.25) is 0 Å². The molecule has 1 heterocycles. The zero-order valence-corrected chi connectivity index (χ0v) is 13.5. The number of hydrogen-bond donors (Lipinski definition) is 1. The summed E-state index contributed by atoms with van der Waals surface area (Å²) >= 11 is 0. The highest BCUT2D eigenvalue weighted by molar-refractivity contribution is 5.22. The van der Waals surface area contributed by atoms with E-state index in [0.29, 0.717) is 6.04 Å². The van der Waals surface area contributed by atoms with Crippen molar-refractivity contribution in [2.75, 3.05) is 26.7 Å². The summed E-state index contributed by atoms with van der Waals surface area (Å²) in [4.78, 5) is 5.08. The van der Waals surface area contributed by atoms with Crippen LogP contribution in [-0.2, 0) is 13.1 Å². The van der Waals surface area contributed by atoms with E-state index >= 15 is 0 Å². The molecule has 0 amide bonds. The predicted molar refractivity (Wildman–Crippen MR) is 88.3 cm³/mol. The molecule has 1 atom stereocenters. The molecule has 116 valence electrons. The fourth-order valence-corrected chi connectivity index (χ4v) is 3.20. The second-order valence-electron chi connectivity index (χ2n) is 6.91. The summed E-state index contributed by atoms with van der Waals surface area (Å²) in [6.45, 7) is 8.10. The van der Waals surface area contributed by atoms with E-state index in [4.69, 9.17) is 0 Å². The van der Waals surface area contributed by atoms with Crippen molar-refractivity contribution >= 4 is 0 Å². The smallest absolute Gasteiger partial charge is 0.0237 e. The lowest BCUT2D eigenvalue weighted by molar-refractivity contribution is 0.194. The van der Waals surface area contributed by atoms with Crippen molar-refractivity contribution in [3.05, 3.63) is 35.4 Å². The van der Waals surface area contributed by atoms with E-state index in [9.17, 15) is 0 Å². The molecule has 2 aliphatic rings. The van der Waals surface area contributed by atoms with Gasteiger partial charge in [-0.2, -0.15) is 0 Å². The van der Waals surface area contributed by atoms with Gasteiger partial charge in [0.2, 0.25) is 0 Å². The van der Waals surface area contributed by atoms with E-state index in [1.54, 1.807) is 0 Å². The summed E-state index contributed by atoms with van der Waals surface area (Å²) in [5.74, 6) is 0. The van der Waals surface area contributed by atoms with Crippen LogP contribution in [-0.4, -0.2) is 48.6 Å². The summed E-state index contributed by atoms with van der Waals surface area (Å²) in [6, 6.07) is 10.6. The first-order chi connectivity index (χ1) is 10.2. The highest BCUT2D eigenvalue weighted by Gasteiger charge is 2.20. The van der Waals surface area contributed by atoms with Gasteiger partial charge in [-0.1, -0.05) is 24.3 Å². The molecule has 0 spiro atoms. The fraction of sp³-hybridized carbons (Fsp3) is 0.667. The summed E-state index contributed by atoms with van der Waals surface area (Å²) in [6.07, 6.45) is 4.00. The number of nitrogens with zero attached hydrogens (tertiary/aromatic N) is 2. The van der Waals surface area contributed by atoms with Gasteiger partial charge in [0.15, 0.2) is 0 Å². The summed E-state index contributed by atoms with van der Waals surface area (Å²) < 4.78 is 0. The summed E-state index contributed by atoms with van der Waals surface area (Å²) in [5, 5.41) is 3.58. The monoisotopic (exact) mass is 287 g/mol. The largest absolute Gasteiger partial charge is 0.310 e. The minimum absolute atomic E-state index is 0.647. The van der Waals surface area contributed by atoms with E-state index < -0.39 is 0 Å². The normalized spacial score (nSPS) is 25.0. The van der Waals surface area contributed by atoms with Crippen molar-refractivity contribution in [3.63, 3.8) is 0 Å². The molecule has 0 aromatic heterocycles. The maximum atomic E-state index is 3.58. The molecule has 3 nitrogen and oxygen atoms in total. The van der Waals surface area contributed by atoms with Crippen LogP contribution < -0.4 is 5.32 Å². The molecule has 1 aliphatic carbocycles. The van der Waals surface area contributed by atoms with Gasteiger partial charge in [-0.15, -0.1) is 0 Å². The molecule has 1 aliphatic heterocycles. The Morgan fingerprint density at radius 3 is 2.52 bits per heavy atom. The fourth-order valence-electron chi connectivity index (χ4n) is 3.20. The molecular formula is C18H29N3. The molecule has 3 rings (SSSR count). The molecule has 2 fully saturated rings. The number of benzene rings is 1. The van der Waals surface area contributed by atoms with Crippen LogP contribution in [0.3, 0.4) is 0 Å². The van der Waals surface area contributed by atoms with Crippen molar-refractivity contribution in [1.82, 2.24) is 15.1 Å². The van der Waals surface area contributed by atoms with E-state index in [1.165, 1.54) is 50.0 Å². The number of rotatable bonds is 5. The standard InChI is InChI=1S/C18H29N3/c1-15-13-20(2)10-3-11-21(15)14-17-6-4-16(5-7-17)12-19-18-8-9-18/h4-7,15,18-19H,3,8-14H2,1-2H3. The zero-order chi connectivity index (χ0) is 14.7. The minimum Gasteiger partial charge on any atom is -0.310 e. The first-order valence-electron chi connectivity index (χ1n) is 8.44. The van der Waals surface area contributed by atoms with E-state index in [-0.39, 0.29) is 0 Å². The van der Waals surface area contributed by atoms with Gasteiger partial charge in [-0.3, -0.25) is 4.90 Å². The maximum absolute atomic E-state index is 3.58. The molecule has 0 bridgehead atoms. The SMILES string of the molecule is CC1CN(C)CCCN1Cc1ccc(CNC2CC2)cc1. The third-order valence-corrected chi connectivity index (χ3v) is 4.77. The molecule has 1 aromatic carbocycles. The Hall–Kier alpha value is -0.900. The lowest BCUT2D eigenvalue weighted by Crippen LogP contribution is -2.37. The second kappa shape index (κ2) is 6.91. The molecule has 21 heavy (non-hydrogen) atoms.